The summed E-state index contributed by atoms with van der Waals surface area (Å²) in [7, 11) is -6.18. The summed E-state index contributed by atoms with van der Waals surface area (Å²) in [5, 5.41) is 3.44. The van der Waals surface area contributed by atoms with Gasteiger partial charge in [-0.05, 0) is 15.6 Å². The molecule has 0 radical (unpaired) electrons. The van der Waals surface area contributed by atoms with E-state index in [1.54, 1.807) is 0 Å². The Labute approximate surface area is 161 Å². The lowest BCUT2D eigenvalue weighted by Crippen LogP contribution is -2.66. The van der Waals surface area contributed by atoms with Gasteiger partial charge in [-0.2, -0.15) is 8.42 Å². The van der Waals surface area contributed by atoms with Crippen molar-refractivity contribution in [2.75, 3.05) is 12.9 Å². The molecule has 0 aliphatic carbocycles. The van der Waals surface area contributed by atoms with Crippen molar-refractivity contribution in [1.82, 2.24) is 0 Å². The van der Waals surface area contributed by atoms with Crippen molar-refractivity contribution >= 4 is 33.8 Å². The molecule has 27 heavy (non-hydrogen) atoms. The average molecular weight is 393 g/mol. The highest BCUT2D eigenvalue weighted by atomic mass is 32.2. The van der Waals surface area contributed by atoms with Crippen LogP contribution < -0.4 is 15.6 Å². The monoisotopic (exact) mass is 392 g/mol. The first-order valence-corrected chi connectivity index (χ1v) is 12.3. The first kappa shape index (κ1) is 19.1. The van der Waals surface area contributed by atoms with Crippen LogP contribution in [0.25, 0.3) is 0 Å². The van der Waals surface area contributed by atoms with Gasteiger partial charge in [-0.3, -0.25) is 4.18 Å². The zero-order valence-corrected chi connectivity index (χ0v) is 16.8. The maximum absolute atomic E-state index is 11.3. The van der Waals surface area contributed by atoms with E-state index >= 15 is 0 Å². The fourth-order valence-corrected chi connectivity index (χ4v) is 7.21. The van der Waals surface area contributed by atoms with Gasteiger partial charge in [0.25, 0.3) is 10.1 Å². The first-order valence-electron chi connectivity index (χ1n) is 8.53. The molecule has 0 N–H and O–H groups in total. The third-order valence-electron chi connectivity index (χ3n) is 4.24. The molecule has 136 valence electrons. The van der Waals surface area contributed by atoms with Crippen LogP contribution in [-0.4, -0.2) is 29.4 Å². The van der Waals surface area contributed by atoms with Gasteiger partial charge in [-0.25, -0.2) is 0 Å². The number of benzene rings is 3. The molecule has 0 unspecified atom stereocenters. The first-order chi connectivity index (χ1) is 13.0. The highest BCUT2D eigenvalue weighted by Crippen LogP contribution is 2.07. The summed E-state index contributed by atoms with van der Waals surface area (Å²) in [5.74, 6) is 2.99. The molecule has 0 aliphatic heterocycles. The van der Waals surface area contributed by atoms with Gasteiger partial charge in [0.2, 0.25) is 8.07 Å². The second kappa shape index (κ2) is 8.36. The molecule has 3 aromatic carbocycles. The van der Waals surface area contributed by atoms with E-state index in [0.717, 1.165) is 21.8 Å². The fourth-order valence-electron chi connectivity index (χ4n) is 3.09. The van der Waals surface area contributed by atoms with Gasteiger partial charge in [0.1, 0.15) is 6.61 Å². The molecule has 0 saturated heterocycles. The molecule has 0 spiro atoms. The SMILES string of the molecule is CS(=O)(=O)OCC#C[Si](c1ccccc1)(c1ccccc1)c1ccccc1. The smallest absolute Gasteiger partial charge is 0.257 e. The van der Waals surface area contributed by atoms with Gasteiger partial charge < -0.3 is 0 Å². The quantitative estimate of drug-likeness (QED) is 0.287. The van der Waals surface area contributed by atoms with Crippen LogP contribution >= 0.6 is 0 Å². The Morgan fingerprint density at radius 1 is 0.741 bits per heavy atom. The number of hydrogen-bond donors (Lipinski definition) is 0. The second-order valence-electron chi connectivity index (χ2n) is 6.12. The van der Waals surface area contributed by atoms with Crippen LogP contribution in [0.5, 0.6) is 0 Å². The standard InChI is InChI=1S/C22H20O3SSi/c1-26(23,24)25-18-11-19-27(20-12-5-2-6-13-20,21-14-7-3-8-15-21)22-16-9-4-10-17-22/h2-10,12-17H,18H2,1H3. The maximum Gasteiger partial charge on any atom is 0.265 e. The van der Waals surface area contributed by atoms with Crippen molar-refractivity contribution in [3.05, 3.63) is 91.0 Å². The summed E-state index contributed by atoms with van der Waals surface area (Å²) in [4.78, 5) is 0. The topological polar surface area (TPSA) is 43.4 Å². The fraction of sp³-hybridized carbons (Fsp3) is 0.0909. The van der Waals surface area contributed by atoms with Gasteiger partial charge in [0.15, 0.2) is 0 Å². The molecule has 0 amide bonds. The number of rotatable bonds is 5. The minimum atomic E-state index is -3.52. The predicted molar refractivity (Wildman–Crippen MR) is 113 cm³/mol. The Hall–Kier alpha value is -2.65. The van der Waals surface area contributed by atoms with E-state index in [2.05, 4.69) is 47.9 Å². The Balaban J connectivity index is 2.22. The lowest BCUT2D eigenvalue weighted by atomic mass is 10.3. The van der Waals surface area contributed by atoms with Crippen LogP contribution in [0, 0.1) is 11.5 Å². The zero-order valence-electron chi connectivity index (χ0n) is 15.0. The van der Waals surface area contributed by atoms with Crippen molar-refractivity contribution in [3.63, 3.8) is 0 Å². The van der Waals surface area contributed by atoms with Gasteiger partial charge in [-0.1, -0.05) is 96.9 Å². The van der Waals surface area contributed by atoms with E-state index in [1.807, 2.05) is 54.6 Å². The van der Waals surface area contributed by atoms with E-state index in [-0.39, 0.29) is 6.61 Å². The summed E-state index contributed by atoms with van der Waals surface area (Å²) >= 11 is 0. The number of hydrogen-bond acceptors (Lipinski definition) is 3. The summed E-state index contributed by atoms with van der Waals surface area (Å²) in [5.41, 5.74) is 3.45. The van der Waals surface area contributed by atoms with Crippen molar-refractivity contribution < 1.29 is 12.6 Å². The van der Waals surface area contributed by atoms with Crippen molar-refractivity contribution in [2.45, 2.75) is 0 Å². The minimum Gasteiger partial charge on any atom is -0.257 e. The van der Waals surface area contributed by atoms with Gasteiger partial charge in [-0.15, -0.1) is 5.54 Å². The molecule has 3 nitrogen and oxygen atoms in total. The third-order valence-corrected chi connectivity index (χ3v) is 8.94. The van der Waals surface area contributed by atoms with Crippen LogP contribution in [0.2, 0.25) is 0 Å². The molecule has 3 rings (SSSR count). The zero-order chi connectivity index (χ0) is 19.2. The summed E-state index contributed by atoms with van der Waals surface area (Å²) in [6, 6.07) is 30.6. The molecule has 0 fully saturated rings. The summed E-state index contributed by atoms with van der Waals surface area (Å²) in [6.45, 7) is -0.153. The average Bonchev–Trinajstić information content (AvgIpc) is 2.70. The minimum absolute atomic E-state index is 0.153. The molecule has 0 aliphatic rings. The van der Waals surface area contributed by atoms with E-state index in [0.29, 0.717) is 0 Å². The second-order valence-corrected chi connectivity index (χ2v) is 11.2. The summed E-state index contributed by atoms with van der Waals surface area (Å²) < 4.78 is 27.4. The van der Waals surface area contributed by atoms with Crippen LogP contribution in [0.1, 0.15) is 0 Å². The Morgan fingerprint density at radius 3 is 1.44 bits per heavy atom. The Morgan fingerprint density at radius 2 is 1.11 bits per heavy atom. The van der Waals surface area contributed by atoms with Crippen LogP contribution in [0.3, 0.4) is 0 Å². The van der Waals surface area contributed by atoms with Crippen LogP contribution in [0.15, 0.2) is 91.0 Å². The normalized spacial score (nSPS) is 11.4. The van der Waals surface area contributed by atoms with Gasteiger partial charge >= 0.3 is 0 Å². The highest BCUT2D eigenvalue weighted by molar-refractivity contribution is 7.86. The molecule has 5 heteroatoms. The van der Waals surface area contributed by atoms with Crippen molar-refractivity contribution in [1.29, 1.82) is 0 Å². The Bertz CT molecular complexity index is 942. The van der Waals surface area contributed by atoms with Crippen LogP contribution in [0.4, 0.5) is 0 Å². The van der Waals surface area contributed by atoms with E-state index in [1.165, 1.54) is 0 Å². The van der Waals surface area contributed by atoms with Gasteiger partial charge in [0, 0.05) is 0 Å². The van der Waals surface area contributed by atoms with Crippen LogP contribution in [-0.2, 0) is 14.3 Å². The van der Waals surface area contributed by atoms with E-state index in [9.17, 15) is 8.42 Å². The van der Waals surface area contributed by atoms with E-state index < -0.39 is 18.2 Å². The van der Waals surface area contributed by atoms with Gasteiger partial charge in [0.05, 0.1) is 6.26 Å². The van der Waals surface area contributed by atoms with Crippen molar-refractivity contribution in [3.8, 4) is 11.5 Å². The predicted octanol–water partition coefficient (Wildman–Crippen LogP) is 1.68. The lowest BCUT2D eigenvalue weighted by molar-refractivity contribution is 0.368. The van der Waals surface area contributed by atoms with Crippen molar-refractivity contribution in [2.24, 2.45) is 0 Å². The third kappa shape index (κ3) is 4.55. The molecule has 0 saturated carbocycles. The molecular formula is C22H20O3SSi. The molecular weight excluding hydrogens is 372 g/mol. The molecule has 0 bridgehead atoms. The summed E-state index contributed by atoms with van der Waals surface area (Å²) in [6.07, 6.45) is 1.03. The highest BCUT2D eigenvalue weighted by Gasteiger charge is 2.38. The molecule has 0 aromatic heterocycles. The Kier molecular flexibility index (Phi) is 5.92. The molecule has 0 atom stereocenters. The molecule has 3 aromatic rings. The largest absolute Gasteiger partial charge is 0.265 e. The molecule has 0 heterocycles. The maximum atomic E-state index is 11.3. The lowest BCUT2D eigenvalue weighted by Gasteiger charge is -2.28. The van der Waals surface area contributed by atoms with E-state index in [4.69, 9.17) is 4.18 Å².